The van der Waals surface area contributed by atoms with Gasteiger partial charge in [0.2, 0.25) is 0 Å². The Morgan fingerprint density at radius 1 is 0.912 bits per heavy atom. The third-order valence-electron chi connectivity index (χ3n) is 8.41. The summed E-state index contributed by atoms with van der Waals surface area (Å²) in [6, 6.07) is 10.2. The van der Waals surface area contributed by atoms with Crippen molar-refractivity contribution in [1.29, 1.82) is 0 Å². The van der Waals surface area contributed by atoms with Gasteiger partial charge in [0.05, 0.1) is 7.11 Å². The summed E-state index contributed by atoms with van der Waals surface area (Å²) in [6.07, 6.45) is 0.871. The lowest BCUT2D eigenvalue weighted by atomic mass is 10.0. The van der Waals surface area contributed by atoms with Crippen LogP contribution < -0.4 is 0 Å². The van der Waals surface area contributed by atoms with Crippen molar-refractivity contribution in [1.82, 2.24) is 4.90 Å². The van der Waals surface area contributed by atoms with Crippen LogP contribution in [0.2, 0.25) is 36.3 Å². The fraction of sp³-hybridized carbons (Fsp3) is 0.741. The number of hydrogen-bond acceptors (Lipinski definition) is 5. The average molecular weight is 508 g/mol. The highest BCUT2D eigenvalue weighted by molar-refractivity contribution is 6.74. The van der Waals surface area contributed by atoms with E-state index in [1.807, 2.05) is 6.07 Å². The van der Waals surface area contributed by atoms with Gasteiger partial charge in [-0.2, -0.15) is 0 Å². The van der Waals surface area contributed by atoms with Crippen LogP contribution in [0.1, 0.15) is 53.5 Å². The van der Waals surface area contributed by atoms with Gasteiger partial charge in [0.1, 0.15) is 6.04 Å². The van der Waals surface area contributed by atoms with Crippen molar-refractivity contribution in [3.05, 3.63) is 35.9 Å². The molecule has 1 fully saturated rings. The quantitative estimate of drug-likeness (QED) is 0.283. The maximum atomic E-state index is 13.1. The summed E-state index contributed by atoms with van der Waals surface area (Å²) < 4.78 is 18.6. The summed E-state index contributed by atoms with van der Waals surface area (Å²) >= 11 is 0. The second-order valence-corrected chi connectivity index (χ2v) is 22.5. The molecule has 194 valence electrons. The van der Waals surface area contributed by atoms with Crippen molar-refractivity contribution in [3.8, 4) is 0 Å². The van der Waals surface area contributed by atoms with Crippen LogP contribution in [0.25, 0.3) is 0 Å². The highest BCUT2D eigenvalue weighted by Crippen LogP contribution is 2.41. The maximum Gasteiger partial charge on any atom is 0.323 e. The Morgan fingerprint density at radius 3 is 1.88 bits per heavy atom. The van der Waals surface area contributed by atoms with Crippen LogP contribution in [0.15, 0.2) is 30.3 Å². The van der Waals surface area contributed by atoms with Crippen LogP contribution >= 0.6 is 0 Å². The highest BCUT2D eigenvalue weighted by atomic mass is 28.4. The average Bonchev–Trinajstić information content (AvgIpc) is 3.06. The first kappa shape index (κ1) is 29.2. The Balaban J connectivity index is 2.32. The molecule has 34 heavy (non-hydrogen) atoms. The molecule has 2 rings (SSSR count). The molecule has 1 heterocycles. The molecular weight excluding hydrogens is 458 g/mol. The number of ether oxygens (including phenoxy) is 1. The Kier molecular flexibility index (Phi) is 9.42. The number of rotatable bonds is 9. The minimum atomic E-state index is -1.93. The van der Waals surface area contributed by atoms with Gasteiger partial charge in [0.15, 0.2) is 16.6 Å². The minimum absolute atomic E-state index is 0.0818. The van der Waals surface area contributed by atoms with Crippen LogP contribution in [0, 0.1) is 5.92 Å². The van der Waals surface area contributed by atoms with Gasteiger partial charge in [-0.05, 0) is 48.2 Å². The first-order valence-electron chi connectivity index (χ1n) is 12.7. The van der Waals surface area contributed by atoms with E-state index in [9.17, 15) is 4.79 Å². The first-order valence-corrected chi connectivity index (χ1v) is 18.5. The smallest absolute Gasteiger partial charge is 0.323 e. The lowest BCUT2D eigenvalue weighted by Crippen LogP contribution is -2.48. The van der Waals surface area contributed by atoms with Crippen LogP contribution in [0.4, 0.5) is 0 Å². The molecule has 1 aliphatic rings. The zero-order valence-corrected chi connectivity index (χ0v) is 25.5. The van der Waals surface area contributed by atoms with Crippen molar-refractivity contribution >= 4 is 22.6 Å². The molecule has 0 unspecified atom stereocenters. The van der Waals surface area contributed by atoms with Crippen LogP contribution in [0.5, 0.6) is 0 Å². The van der Waals surface area contributed by atoms with Gasteiger partial charge in [0, 0.05) is 31.7 Å². The summed E-state index contributed by atoms with van der Waals surface area (Å²) in [5.74, 6) is -0.0899. The highest BCUT2D eigenvalue weighted by Gasteiger charge is 2.48. The lowest BCUT2D eigenvalue weighted by Gasteiger charge is -2.38. The SMILES string of the molecule is COC(=O)[C@H]1[C@H](CO[Si](C)(C)C(C)(C)C)C[C@H](CO[Si](C)(C)C(C)(C)C)N1Cc1ccccc1. The van der Waals surface area contributed by atoms with E-state index in [-0.39, 0.29) is 34.0 Å². The molecule has 7 heteroatoms. The van der Waals surface area contributed by atoms with Gasteiger partial charge < -0.3 is 13.6 Å². The number of nitrogens with zero attached hydrogens (tertiary/aromatic N) is 1. The second kappa shape index (κ2) is 11.0. The molecule has 0 N–H and O–H groups in total. The van der Waals surface area contributed by atoms with Crippen molar-refractivity contribution in [2.24, 2.45) is 5.92 Å². The summed E-state index contributed by atoms with van der Waals surface area (Å²) in [7, 11) is -2.35. The first-order chi connectivity index (χ1) is 15.5. The number of carbonyl (C=O) groups is 1. The van der Waals surface area contributed by atoms with Gasteiger partial charge in [-0.15, -0.1) is 0 Å². The molecule has 5 nitrogen and oxygen atoms in total. The molecular formula is C27H49NO4Si2. The van der Waals surface area contributed by atoms with Crippen LogP contribution in [0.3, 0.4) is 0 Å². The third-order valence-corrected chi connectivity index (χ3v) is 17.4. The minimum Gasteiger partial charge on any atom is -0.468 e. The normalized spacial score (nSPS) is 22.7. The fourth-order valence-corrected chi connectivity index (χ4v) is 6.06. The predicted molar refractivity (Wildman–Crippen MR) is 146 cm³/mol. The van der Waals surface area contributed by atoms with Crippen LogP contribution in [-0.4, -0.2) is 59.9 Å². The second-order valence-electron chi connectivity index (χ2n) is 12.9. The van der Waals surface area contributed by atoms with E-state index in [4.69, 9.17) is 13.6 Å². The molecule has 0 saturated carbocycles. The van der Waals surface area contributed by atoms with Crippen LogP contribution in [-0.2, 0) is 24.9 Å². The predicted octanol–water partition coefficient (Wildman–Crippen LogP) is 6.46. The van der Waals surface area contributed by atoms with Gasteiger partial charge in [-0.25, -0.2) is 0 Å². The molecule has 1 aromatic carbocycles. The Morgan fingerprint density at radius 2 is 1.41 bits per heavy atom. The summed E-state index contributed by atoms with van der Waals surface area (Å²) in [5, 5.41) is 0.267. The van der Waals surface area contributed by atoms with Crippen molar-refractivity contribution < 1.29 is 18.4 Å². The largest absolute Gasteiger partial charge is 0.468 e. The van der Waals surface area contributed by atoms with Gasteiger partial charge in [-0.3, -0.25) is 9.69 Å². The molecule has 3 atom stereocenters. The zero-order chi connectivity index (χ0) is 25.9. The Bertz CT molecular complexity index is 799. The number of hydrogen-bond donors (Lipinski definition) is 0. The standard InChI is InChI=1S/C27H49NO4Si2/c1-26(2,3)33(8,9)31-19-22-17-23(20-32-34(10,11)27(4,5)6)28(24(22)25(29)30-7)18-21-15-13-12-14-16-21/h12-16,22-24H,17-20H2,1-11H3/t22-,23+,24+/m0/s1. The number of carbonyl (C=O) groups excluding carboxylic acids is 1. The van der Waals surface area contributed by atoms with Crippen molar-refractivity contribution in [2.75, 3.05) is 20.3 Å². The molecule has 0 radical (unpaired) electrons. The molecule has 1 aliphatic heterocycles. The summed E-state index contributed by atoms with van der Waals surface area (Å²) in [4.78, 5) is 15.4. The van der Waals surface area contributed by atoms with E-state index in [1.165, 1.54) is 12.7 Å². The third kappa shape index (κ3) is 7.03. The molecule has 0 aliphatic carbocycles. The molecule has 0 bridgehead atoms. The van der Waals surface area contributed by atoms with E-state index in [0.29, 0.717) is 19.8 Å². The zero-order valence-electron chi connectivity index (χ0n) is 23.5. The fourth-order valence-electron chi connectivity index (χ4n) is 3.96. The van der Waals surface area contributed by atoms with Gasteiger partial charge in [0.25, 0.3) is 0 Å². The van der Waals surface area contributed by atoms with Gasteiger partial charge in [-0.1, -0.05) is 71.9 Å². The Labute approximate surface area is 210 Å². The van der Waals surface area contributed by atoms with E-state index in [1.54, 1.807) is 0 Å². The van der Waals surface area contributed by atoms with E-state index < -0.39 is 16.6 Å². The molecule has 1 saturated heterocycles. The lowest BCUT2D eigenvalue weighted by molar-refractivity contribution is -0.148. The van der Waals surface area contributed by atoms with Gasteiger partial charge >= 0.3 is 5.97 Å². The topological polar surface area (TPSA) is 48.0 Å². The summed E-state index contributed by atoms with van der Waals surface area (Å²) in [6.45, 7) is 24.6. The molecule has 1 aromatic rings. The Hall–Kier alpha value is -0.996. The van der Waals surface area contributed by atoms with Crippen molar-refractivity contribution in [3.63, 3.8) is 0 Å². The van der Waals surface area contributed by atoms with Crippen molar-refractivity contribution in [2.45, 2.75) is 103 Å². The maximum absolute atomic E-state index is 13.1. The number of benzene rings is 1. The van der Waals surface area contributed by atoms with E-state index in [0.717, 1.165) is 6.42 Å². The number of methoxy groups -OCH3 is 1. The van der Waals surface area contributed by atoms with E-state index in [2.05, 4.69) is 96.9 Å². The number of esters is 1. The van der Waals surface area contributed by atoms with E-state index >= 15 is 0 Å². The summed E-state index contributed by atoms with van der Waals surface area (Å²) in [5.41, 5.74) is 1.19. The number of likely N-dealkylation sites (tertiary alicyclic amines) is 1. The molecule has 0 amide bonds. The monoisotopic (exact) mass is 507 g/mol. The molecule has 0 spiro atoms. The molecule has 0 aromatic heterocycles.